The molecule has 0 aliphatic carbocycles. The molecule has 0 radical (unpaired) electrons. The molecule has 0 bridgehead atoms. The molecular weight excluding hydrogens is 347 g/mol. The first-order valence-corrected chi connectivity index (χ1v) is 9.52. The summed E-state index contributed by atoms with van der Waals surface area (Å²) in [6, 6.07) is 6.45. The molecule has 1 aromatic heterocycles. The molecule has 7 nitrogen and oxygen atoms in total. The smallest absolute Gasteiger partial charge is 0.220 e. The maximum atomic E-state index is 14.7. The van der Waals surface area contributed by atoms with Gasteiger partial charge in [-0.15, -0.1) is 5.10 Å². The zero-order valence-electron chi connectivity index (χ0n) is 16.2. The fraction of sp³-hybridized carbons (Fsp3) is 0.579. The van der Waals surface area contributed by atoms with E-state index in [1.54, 1.807) is 12.1 Å². The number of piperidine rings is 1. The zero-order valence-corrected chi connectivity index (χ0v) is 16.2. The van der Waals surface area contributed by atoms with Crippen LogP contribution < -0.4 is 10.6 Å². The number of benzene rings is 1. The number of quaternary nitrogens is 1. The van der Waals surface area contributed by atoms with Crippen molar-refractivity contribution in [3.05, 3.63) is 41.5 Å². The molecule has 27 heavy (non-hydrogen) atoms. The van der Waals surface area contributed by atoms with Crippen LogP contribution in [-0.4, -0.2) is 39.2 Å². The minimum Gasteiger partial charge on any atom is -0.369 e. The van der Waals surface area contributed by atoms with Gasteiger partial charge in [0.2, 0.25) is 11.7 Å². The summed E-state index contributed by atoms with van der Waals surface area (Å²) in [6.45, 7) is 7.65. The lowest BCUT2D eigenvalue weighted by Gasteiger charge is -2.35. The number of nitrogens with one attached hydrogen (secondary N) is 1. The molecule has 0 saturated carbocycles. The molecule has 1 atom stereocenters. The van der Waals surface area contributed by atoms with Crippen LogP contribution in [0.4, 0.5) is 4.39 Å². The standard InChI is InChI=1S/C19H27FN6O/c1-4-19(2,3)26-18(22-23-24-26)16(14-7-5-6-8-15(14)20)25-11-9-13(10-12-25)17(21)27/h5-8,13,16H,4,9-12H2,1-3H3,(H2,21,27)/p+1/t16-/m1/s1. The van der Waals surface area contributed by atoms with Crippen LogP contribution in [0.15, 0.2) is 24.3 Å². The molecule has 1 aromatic carbocycles. The van der Waals surface area contributed by atoms with Crippen molar-refractivity contribution in [1.82, 2.24) is 20.2 Å². The summed E-state index contributed by atoms with van der Waals surface area (Å²) in [5.74, 6) is 0.0156. The van der Waals surface area contributed by atoms with Gasteiger partial charge in [0.05, 0.1) is 24.2 Å². The van der Waals surface area contributed by atoms with Gasteiger partial charge in [0, 0.05) is 18.8 Å². The van der Waals surface area contributed by atoms with Gasteiger partial charge in [0.1, 0.15) is 5.82 Å². The maximum absolute atomic E-state index is 14.7. The number of nitrogens with two attached hydrogens (primary N) is 1. The highest BCUT2D eigenvalue weighted by molar-refractivity contribution is 5.76. The average molecular weight is 375 g/mol. The molecule has 0 unspecified atom stereocenters. The third-order valence-electron chi connectivity index (χ3n) is 5.85. The molecule has 1 amide bonds. The summed E-state index contributed by atoms with van der Waals surface area (Å²) in [6.07, 6.45) is 2.22. The van der Waals surface area contributed by atoms with Crippen LogP contribution in [0, 0.1) is 11.7 Å². The molecular formula is C19H28FN6O+. The third kappa shape index (κ3) is 3.85. The van der Waals surface area contributed by atoms with Gasteiger partial charge in [-0.3, -0.25) is 4.79 Å². The van der Waals surface area contributed by atoms with E-state index >= 15 is 0 Å². The Morgan fingerprint density at radius 2 is 2.04 bits per heavy atom. The van der Waals surface area contributed by atoms with E-state index in [1.165, 1.54) is 6.07 Å². The van der Waals surface area contributed by atoms with Crippen LogP contribution in [0.5, 0.6) is 0 Å². The van der Waals surface area contributed by atoms with Crippen LogP contribution in [0.25, 0.3) is 0 Å². The topological polar surface area (TPSA) is 91.1 Å². The van der Waals surface area contributed by atoms with Crippen molar-refractivity contribution in [3.63, 3.8) is 0 Å². The van der Waals surface area contributed by atoms with E-state index < -0.39 is 0 Å². The Hall–Kier alpha value is -2.35. The van der Waals surface area contributed by atoms with E-state index in [-0.39, 0.29) is 29.2 Å². The fourth-order valence-electron chi connectivity index (χ4n) is 3.77. The van der Waals surface area contributed by atoms with Crippen molar-refractivity contribution >= 4 is 5.91 Å². The summed E-state index contributed by atoms with van der Waals surface area (Å²) < 4.78 is 16.6. The number of aromatic nitrogens is 4. The zero-order chi connectivity index (χ0) is 19.6. The number of hydrogen-bond donors (Lipinski definition) is 2. The SMILES string of the molecule is CCC(C)(C)n1nnnc1[C@@H](c1ccccc1F)[NH+]1CCC(C(N)=O)CC1. The Labute approximate surface area is 158 Å². The normalized spacial score (nSPS) is 21.8. The van der Waals surface area contributed by atoms with Crippen molar-refractivity contribution in [1.29, 1.82) is 0 Å². The number of hydrogen-bond acceptors (Lipinski definition) is 4. The summed E-state index contributed by atoms with van der Waals surface area (Å²) in [7, 11) is 0. The third-order valence-corrected chi connectivity index (χ3v) is 5.85. The quantitative estimate of drug-likeness (QED) is 0.782. The van der Waals surface area contributed by atoms with Crippen molar-refractivity contribution in [2.75, 3.05) is 13.1 Å². The molecule has 146 valence electrons. The Kier molecular flexibility index (Phi) is 5.55. The van der Waals surface area contributed by atoms with Crippen LogP contribution in [0.1, 0.15) is 57.5 Å². The van der Waals surface area contributed by atoms with Gasteiger partial charge in [-0.25, -0.2) is 9.07 Å². The lowest BCUT2D eigenvalue weighted by atomic mass is 9.93. The highest BCUT2D eigenvalue weighted by Crippen LogP contribution is 2.26. The number of carbonyl (C=O) groups is 1. The number of carbonyl (C=O) groups excluding carboxylic acids is 1. The van der Waals surface area contributed by atoms with Crippen LogP contribution >= 0.6 is 0 Å². The molecule has 2 aromatic rings. The van der Waals surface area contributed by atoms with E-state index in [4.69, 9.17) is 5.73 Å². The van der Waals surface area contributed by atoms with Crippen LogP contribution in [0.3, 0.4) is 0 Å². The van der Waals surface area contributed by atoms with Crippen molar-refractivity contribution in [3.8, 4) is 0 Å². The Bertz CT molecular complexity index is 797. The fourth-order valence-corrected chi connectivity index (χ4v) is 3.77. The molecule has 1 aliphatic heterocycles. The van der Waals surface area contributed by atoms with Gasteiger partial charge in [-0.1, -0.05) is 19.1 Å². The number of nitrogens with zero attached hydrogens (tertiary/aromatic N) is 4. The number of halogens is 1. The number of likely N-dealkylation sites (tertiary alicyclic amines) is 1. The van der Waals surface area contributed by atoms with Crippen LogP contribution in [0.2, 0.25) is 0 Å². The molecule has 1 saturated heterocycles. The van der Waals surface area contributed by atoms with Crippen molar-refractivity contribution < 1.29 is 14.1 Å². The molecule has 3 rings (SSSR count). The minimum absolute atomic E-state index is 0.113. The first-order valence-electron chi connectivity index (χ1n) is 9.52. The summed E-state index contributed by atoms with van der Waals surface area (Å²) in [5.41, 5.74) is 5.77. The van der Waals surface area contributed by atoms with Gasteiger partial charge in [0.15, 0.2) is 6.04 Å². The monoisotopic (exact) mass is 375 g/mol. The van der Waals surface area contributed by atoms with Crippen molar-refractivity contribution in [2.45, 2.75) is 51.6 Å². The predicted molar refractivity (Wildman–Crippen MR) is 98.3 cm³/mol. The first kappa shape index (κ1) is 19.4. The second kappa shape index (κ2) is 7.72. The number of rotatable bonds is 6. The Balaban J connectivity index is 2.02. The highest BCUT2D eigenvalue weighted by atomic mass is 19.1. The number of tetrazole rings is 1. The summed E-state index contributed by atoms with van der Waals surface area (Å²) in [4.78, 5) is 12.7. The van der Waals surface area contributed by atoms with E-state index in [0.29, 0.717) is 37.3 Å². The maximum Gasteiger partial charge on any atom is 0.220 e. The van der Waals surface area contributed by atoms with Gasteiger partial charge < -0.3 is 10.6 Å². The van der Waals surface area contributed by atoms with E-state index in [1.807, 2.05) is 10.7 Å². The van der Waals surface area contributed by atoms with Crippen molar-refractivity contribution in [2.24, 2.45) is 11.7 Å². The second-order valence-electron chi connectivity index (χ2n) is 7.90. The summed E-state index contributed by atoms with van der Waals surface area (Å²) in [5, 5.41) is 12.4. The van der Waals surface area contributed by atoms with Gasteiger partial charge in [-0.05, 0) is 42.8 Å². The molecule has 1 aliphatic rings. The first-order chi connectivity index (χ1) is 12.8. The average Bonchev–Trinajstić information content (AvgIpc) is 3.14. The van der Waals surface area contributed by atoms with E-state index in [9.17, 15) is 9.18 Å². The molecule has 3 N–H and O–H groups in total. The predicted octanol–water partition coefficient (Wildman–Crippen LogP) is 0.827. The highest BCUT2D eigenvalue weighted by Gasteiger charge is 2.39. The molecule has 0 spiro atoms. The van der Waals surface area contributed by atoms with Gasteiger partial charge in [-0.2, -0.15) is 0 Å². The molecule has 1 fully saturated rings. The number of primary amides is 1. The molecule has 2 heterocycles. The van der Waals surface area contributed by atoms with Gasteiger partial charge in [0.25, 0.3) is 0 Å². The van der Waals surface area contributed by atoms with E-state index in [0.717, 1.165) is 11.3 Å². The van der Waals surface area contributed by atoms with Gasteiger partial charge >= 0.3 is 0 Å². The number of amides is 1. The van der Waals surface area contributed by atoms with E-state index in [2.05, 4.69) is 36.3 Å². The minimum atomic E-state index is -0.333. The Morgan fingerprint density at radius 3 is 2.63 bits per heavy atom. The van der Waals surface area contributed by atoms with Crippen LogP contribution in [-0.2, 0) is 10.3 Å². The lowest BCUT2D eigenvalue weighted by molar-refractivity contribution is -0.932. The Morgan fingerprint density at radius 1 is 1.37 bits per heavy atom. The second-order valence-corrected chi connectivity index (χ2v) is 7.90. The largest absolute Gasteiger partial charge is 0.369 e. The molecule has 8 heteroatoms. The lowest BCUT2D eigenvalue weighted by Crippen LogP contribution is -3.13. The summed E-state index contributed by atoms with van der Waals surface area (Å²) >= 11 is 0.